The number of likely N-dealkylation sites (tertiary alicyclic amines) is 1. The number of carboxylic acid groups (broad SMARTS) is 2. The molecule has 0 unspecified atom stereocenters. The Morgan fingerprint density at radius 3 is 1.83 bits per heavy atom. The van der Waals surface area contributed by atoms with Gasteiger partial charge in [0.25, 0.3) is 0 Å². The Hall–Kier alpha value is -5.05. The second kappa shape index (κ2) is 22.9. The van der Waals surface area contributed by atoms with Crippen LogP contribution < -0.4 is 43.4 Å². The van der Waals surface area contributed by atoms with Crippen LogP contribution in [0.5, 0.6) is 0 Å². The first-order valence-electron chi connectivity index (χ1n) is 17.9. The molecule has 13 N–H and O–H groups in total. The molecule has 1 aliphatic heterocycles. The van der Waals surface area contributed by atoms with Crippen molar-refractivity contribution in [1.82, 2.24) is 36.8 Å². The number of aliphatic hydroxyl groups is 1. The summed E-state index contributed by atoms with van der Waals surface area (Å²) >= 11 is 0. The molecular formula is C33H57N9O12. The van der Waals surface area contributed by atoms with Crippen molar-refractivity contribution in [3.8, 4) is 0 Å². The number of hydrogen-bond donors (Lipinski definition) is 11. The average Bonchev–Trinajstić information content (AvgIpc) is 3.57. The van der Waals surface area contributed by atoms with Gasteiger partial charge in [-0.1, -0.05) is 27.7 Å². The molecule has 1 saturated heterocycles. The third kappa shape index (κ3) is 15.5. The van der Waals surface area contributed by atoms with E-state index in [1.807, 2.05) is 0 Å². The van der Waals surface area contributed by atoms with Crippen LogP contribution in [0.3, 0.4) is 0 Å². The van der Waals surface area contributed by atoms with Gasteiger partial charge in [0.1, 0.15) is 42.3 Å². The first-order valence-corrected chi connectivity index (χ1v) is 17.9. The van der Waals surface area contributed by atoms with Gasteiger partial charge in [-0.15, -0.1) is 0 Å². The predicted molar refractivity (Wildman–Crippen MR) is 191 cm³/mol. The highest BCUT2D eigenvalue weighted by molar-refractivity contribution is 5.98. The number of primary amides is 1. The fourth-order valence-electron chi connectivity index (χ4n) is 5.69. The highest BCUT2D eigenvalue weighted by atomic mass is 16.4. The minimum absolute atomic E-state index is 0.0137. The van der Waals surface area contributed by atoms with Crippen molar-refractivity contribution < 1.29 is 58.5 Å². The topological polar surface area (TPSA) is 342 Å². The van der Waals surface area contributed by atoms with Crippen LogP contribution >= 0.6 is 0 Å². The summed E-state index contributed by atoms with van der Waals surface area (Å²) in [5.74, 6) is -8.47. The zero-order valence-corrected chi connectivity index (χ0v) is 31.4. The van der Waals surface area contributed by atoms with Gasteiger partial charge in [0.05, 0.1) is 13.0 Å². The maximum absolute atomic E-state index is 13.6. The van der Waals surface area contributed by atoms with Gasteiger partial charge < -0.3 is 63.6 Å². The van der Waals surface area contributed by atoms with Crippen molar-refractivity contribution in [3.05, 3.63) is 0 Å². The number of hydrogen-bond acceptors (Lipinski definition) is 11. The quantitative estimate of drug-likeness (QED) is 0.0458. The number of aliphatic carboxylic acids is 2. The van der Waals surface area contributed by atoms with E-state index < -0.39 is 115 Å². The molecule has 8 amide bonds. The maximum atomic E-state index is 13.6. The lowest BCUT2D eigenvalue weighted by Crippen LogP contribution is -2.60. The summed E-state index contributed by atoms with van der Waals surface area (Å²) in [6.07, 6.45) is 0.607. The van der Waals surface area contributed by atoms with Gasteiger partial charge in [-0.25, -0.2) is 9.59 Å². The number of unbranched alkanes of at least 4 members (excludes halogenated alkanes) is 1. The summed E-state index contributed by atoms with van der Waals surface area (Å²) in [6, 6.07) is -10.3. The molecule has 0 bridgehead atoms. The van der Waals surface area contributed by atoms with E-state index in [2.05, 4.69) is 31.9 Å². The molecule has 1 heterocycles. The average molecular weight is 772 g/mol. The minimum atomic E-state index is -1.69. The first-order chi connectivity index (χ1) is 25.2. The lowest BCUT2D eigenvalue weighted by Gasteiger charge is -2.30. The van der Waals surface area contributed by atoms with Gasteiger partial charge in [0.2, 0.25) is 35.4 Å². The molecule has 0 saturated carbocycles. The van der Waals surface area contributed by atoms with Crippen LogP contribution in [0.15, 0.2) is 0 Å². The highest BCUT2D eigenvalue weighted by Crippen LogP contribution is 2.19. The standard InChI is InChI=1S/C33H57N9O12/c1-16(2)13-20(39-30(50)25(17(3)4)41-33(35)54)27(47)40-22(15-43)31(51)42-12-8-10-23(42)29(49)36-18(5)26(46)38-21(14-24(44)45)28(48)37-19(32(52)53)9-6-7-11-34/h16-23,25,43H,6-15,34H2,1-5H3,(H,36,49)(H,37,48)(H,38,46)(H,39,50)(H,40,47)(H,44,45)(H,52,53)(H3,35,41,54)/t18-,19-,20-,21-,22-,23-,25-/m0/s1. The molecule has 0 radical (unpaired) electrons. The second-order valence-corrected chi connectivity index (χ2v) is 13.9. The van der Waals surface area contributed by atoms with Crippen molar-refractivity contribution in [1.29, 1.82) is 0 Å². The van der Waals surface area contributed by atoms with E-state index >= 15 is 0 Å². The molecule has 0 aliphatic carbocycles. The van der Waals surface area contributed by atoms with E-state index in [4.69, 9.17) is 11.5 Å². The molecule has 1 rings (SSSR count). The number of urea groups is 1. The SMILES string of the molecule is CC(C)C[C@H](NC(=O)[C@@H](NC(N)=O)C(C)C)C(=O)N[C@@H](CO)C(=O)N1CCC[C@H]1C(=O)N[C@@H](C)C(=O)N[C@@H](CC(=O)O)C(=O)N[C@@H](CCCCN)C(=O)O. The minimum Gasteiger partial charge on any atom is -0.481 e. The van der Waals surface area contributed by atoms with E-state index in [0.717, 1.165) is 4.90 Å². The smallest absolute Gasteiger partial charge is 0.326 e. The summed E-state index contributed by atoms with van der Waals surface area (Å²) in [5, 5.41) is 43.1. The van der Waals surface area contributed by atoms with Gasteiger partial charge in [0.15, 0.2) is 0 Å². The summed E-state index contributed by atoms with van der Waals surface area (Å²) < 4.78 is 0. The molecule has 54 heavy (non-hydrogen) atoms. The number of rotatable bonds is 23. The second-order valence-electron chi connectivity index (χ2n) is 13.9. The van der Waals surface area contributed by atoms with Gasteiger partial charge in [-0.05, 0) is 63.8 Å². The van der Waals surface area contributed by atoms with E-state index in [1.54, 1.807) is 27.7 Å². The first kappa shape index (κ1) is 47.0. The predicted octanol–water partition coefficient (Wildman–Crippen LogP) is -3.16. The number of aliphatic hydroxyl groups excluding tert-OH is 1. The Bertz CT molecular complexity index is 1360. The lowest BCUT2D eigenvalue weighted by atomic mass is 9.99. The van der Waals surface area contributed by atoms with Crippen LogP contribution in [0.25, 0.3) is 0 Å². The van der Waals surface area contributed by atoms with Gasteiger partial charge in [-0.3, -0.25) is 33.6 Å². The third-order valence-corrected chi connectivity index (χ3v) is 8.55. The van der Waals surface area contributed by atoms with Gasteiger partial charge in [0, 0.05) is 6.54 Å². The van der Waals surface area contributed by atoms with E-state index in [9.17, 15) is 58.5 Å². The summed E-state index contributed by atoms with van der Waals surface area (Å²) in [6.45, 7) is 7.65. The van der Waals surface area contributed by atoms with Crippen LogP contribution in [0.1, 0.15) is 79.6 Å². The number of nitrogens with zero attached hydrogens (tertiary/aromatic N) is 1. The number of nitrogens with two attached hydrogens (primary N) is 2. The molecule has 0 aromatic rings. The summed E-state index contributed by atoms with van der Waals surface area (Å²) in [5.41, 5.74) is 10.6. The van der Waals surface area contributed by atoms with Crippen molar-refractivity contribution in [2.24, 2.45) is 23.3 Å². The Kier molecular flexibility index (Phi) is 19.9. The Morgan fingerprint density at radius 1 is 0.741 bits per heavy atom. The number of amides is 8. The number of carbonyl (C=O) groups is 9. The third-order valence-electron chi connectivity index (χ3n) is 8.55. The fraction of sp³-hybridized carbons (Fsp3) is 0.727. The molecule has 21 heteroatoms. The zero-order valence-electron chi connectivity index (χ0n) is 31.4. The molecule has 306 valence electrons. The lowest BCUT2D eigenvalue weighted by molar-refractivity contribution is -0.144. The molecular weight excluding hydrogens is 714 g/mol. The Labute approximate surface area is 313 Å². The normalized spacial score (nSPS) is 17.3. The van der Waals surface area contributed by atoms with Crippen LogP contribution in [-0.2, 0) is 38.4 Å². The highest BCUT2D eigenvalue weighted by Gasteiger charge is 2.40. The molecule has 0 spiro atoms. The molecule has 7 atom stereocenters. The Morgan fingerprint density at radius 2 is 1.31 bits per heavy atom. The van der Waals surface area contributed by atoms with E-state index in [0.29, 0.717) is 25.8 Å². The number of nitrogens with one attached hydrogen (secondary N) is 6. The van der Waals surface area contributed by atoms with Crippen LogP contribution in [-0.4, -0.2) is 136 Å². The van der Waals surface area contributed by atoms with Crippen molar-refractivity contribution in [2.45, 2.75) is 122 Å². The number of carbonyl (C=O) groups excluding carboxylic acids is 7. The maximum Gasteiger partial charge on any atom is 0.326 e. The molecule has 0 aromatic heterocycles. The van der Waals surface area contributed by atoms with E-state index in [1.165, 1.54) is 6.92 Å². The van der Waals surface area contributed by atoms with E-state index in [-0.39, 0.29) is 31.7 Å². The molecule has 21 nitrogen and oxygen atoms in total. The number of carboxylic acids is 2. The van der Waals surface area contributed by atoms with Gasteiger partial charge in [-0.2, -0.15) is 0 Å². The monoisotopic (exact) mass is 771 g/mol. The summed E-state index contributed by atoms with van der Waals surface area (Å²) in [4.78, 5) is 115. The molecule has 0 aromatic carbocycles. The Balaban J connectivity index is 3.03. The molecule has 1 aliphatic rings. The van der Waals surface area contributed by atoms with Gasteiger partial charge >= 0.3 is 18.0 Å². The van der Waals surface area contributed by atoms with Crippen LogP contribution in [0, 0.1) is 11.8 Å². The molecule has 1 fully saturated rings. The van der Waals surface area contributed by atoms with Crippen molar-refractivity contribution in [2.75, 3.05) is 19.7 Å². The van der Waals surface area contributed by atoms with Crippen molar-refractivity contribution >= 4 is 53.4 Å². The summed E-state index contributed by atoms with van der Waals surface area (Å²) in [7, 11) is 0. The van der Waals surface area contributed by atoms with Crippen LogP contribution in [0.4, 0.5) is 4.79 Å². The largest absolute Gasteiger partial charge is 0.481 e. The zero-order chi connectivity index (χ0) is 41.3. The van der Waals surface area contributed by atoms with Crippen molar-refractivity contribution in [3.63, 3.8) is 0 Å². The fourth-order valence-corrected chi connectivity index (χ4v) is 5.69. The van der Waals surface area contributed by atoms with Crippen LogP contribution in [0.2, 0.25) is 0 Å².